The number of nitrogens with zero attached hydrogens (tertiary/aromatic N) is 3. The summed E-state index contributed by atoms with van der Waals surface area (Å²) < 4.78 is 12.9. The lowest BCUT2D eigenvalue weighted by atomic mass is 10.2. The number of guanidine groups is 1. The number of anilines is 1. The molecule has 7 nitrogen and oxygen atoms in total. The van der Waals surface area contributed by atoms with Gasteiger partial charge in [-0.15, -0.1) is 24.0 Å². The van der Waals surface area contributed by atoms with Gasteiger partial charge in [0.15, 0.2) is 5.96 Å². The number of rotatable bonds is 10. The van der Waals surface area contributed by atoms with Crippen molar-refractivity contribution >= 4 is 35.6 Å². The predicted octanol–water partition coefficient (Wildman–Crippen LogP) is 4.77. The zero-order valence-corrected chi connectivity index (χ0v) is 22.1. The molecule has 0 radical (unpaired) electrons. The molecule has 33 heavy (non-hydrogen) atoms. The molecule has 0 amide bonds. The Hall–Kier alpha value is -2.59. The van der Waals surface area contributed by atoms with Crippen molar-refractivity contribution < 1.29 is 9.47 Å². The lowest BCUT2D eigenvalue weighted by molar-refractivity contribution is 0.172. The molecular formula is C25H34IN5O2. The van der Waals surface area contributed by atoms with Crippen LogP contribution in [0.3, 0.4) is 0 Å². The number of halogens is 1. The quantitative estimate of drug-likeness (QED) is 0.161. The first-order valence-corrected chi connectivity index (χ1v) is 10.9. The minimum Gasteiger partial charge on any atom is -0.493 e. The van der Waals surface area contributed by atoms with Crippen LogP contribution in [-0.4, -0.2) is 43.1 Å². The highest BCUT2D eigenvalue weighted by atomic mass is 127. The van der Waals surface area contributed by atoms with Gasteiger partial charge in [-0.05, 0) is 31.5 Å². The number of aromatic nitrogens is 2. The zero-order valence-electron chi connectivity index (χ0n) is 19.8. The molecule has 0 fully saturated rings. The van der Waals surface area contributed by atoms with Crippen LogP contribution in [0.2, 0.25) is 0 Å². The van der Waals surface area contributed by atoms with Crippen molar-refractivity contribution in [1.82, 2.24) is 15.1 Å². The second-order valence-electron chi connectivity index (χ2n) is 7.57. The maximum Gasteiger partial charge on any atom is 0.195 e. The number of aryl methyl sites for hydroxylation is 1. The molecule has 0 unspecified atom stereocenters. The van der Waals surface area contributed by atoms with Crippen LogP contribution in [0.1, 0.15) is 28.9 Å². The van der Waals surface area contributed by atoms with Crippen LogP contribution < -0.4 is 15.4 Å². The van der Waals surface area contributed by atoms with Crippen molar-refractivity contribution in [2.45, 2.75) is 33.4 Å². The van der Waals surface area contributed by atoms with Gasteiger partial charge in [0.05, 0.1) is 18.8 Å². The van der Waals surface area contributed by atoms with Crippen LogP contribution in [-0.2, 0) is 17.8 Å². The molecule has 3 rings (SSSR count). The molecule has 0 bridgehead atoms. The van der Waals surface area contributed by atoms with Crippen LogP contribution in [0.5, 0.6) is 5.75 Å². The van der Waals surface area contributed by atoms with Gasteiger partial charge in [0.1, 0.15) is 5.75 Å². The van der Waals surface area contributed by atoms with E-state index in [1.54, 1.807) is 14.2 Å². The fraction of sp³-hybridized carbons (Fsp3) is 0.360. The number of methoxy groups -OCH3 is 1. The summed E-state index contributed by atoms with van der Waals surface area (Å²) in [7, 11) is 3.46. The molecule has 1 aromatic heterocycles. The highest BCUT2D eigenvalue weighted by Gasteiger charge is 2.12. The maximum atomic E-state index is 5.78. The lowest BCUT2D eigenvalue weighted by Gasteiger charge is -2.13. The van der Waals surface area contributed by atoms with E-state index < -0.39 is 0 Å². The minimum absolute atomic E-state index is 0. The molecule has 0 saturated carbocycles. The second-order valence-corrected chi connectivity index (χ2v) is 7.57. The van der Waals surface area contributed by atoms with Crippen LogP contribution >= 0.6 is 24.0 Å². The zero-order chi connectivity index (χ0) is 22.8. The average molecular weight is 563 g/mol. The van der Waals surface area contributed by atoms with Crippen LogP contribution in [0.25, 0.3) is 0 Å². The van der Waals surface area contributed by atoms with Crippen molar-refractivity contribution in [1.29, 1.82) is 0 Å². The SMILES string of the molecule is CN=C(NCc1c(C)nn(Cc2ccccc2)c1C)Nc1cccc(OCCCOC)c1.I. The summed E-state index contributed by atoms with van der Waals surface area (Å²) in [6.45, 7) is 6.87. The van der Waals surface area contributed by atoms with Gasteiger partial charge in [-0.2, -0.15) is 5.10 Å². The highest BCUT2D eigenvalue weighted by molar-refractivity contribution is 14.0. The number of hydrogen-bond donors (Lipinski definition) is 2. The van der Waals surface area contributed by atoms with Gasteiger partial charge in [-0.25, -0.2) is 0 Å². The maximum absolute atomic E-state index is 5.78. The van der Waals surface area contributed by atoms with Gasteiger partial charge >= 0.3 is 0 Å². The molecule has 0 atom stereocenters. The Morgan fingerprint density at radius 3 is 2.58 bits per heavy atom. The Balaban J connectivity index is 0.00000385. The van der Waals surface area contributed by atoms with E-state index in [0.717, 1.165) is 35.8 Å². The molecule has 178 valence electrons. The largest absolute Gasteiger partial charge is 0.493 e. The van der Waals surface area contributed by atoms with Crippen LogP contribution in [0.15, 0.2) is 59.6 Å². The van der Waals surface area contributed by atoms with E-state index in [2.05, 4.69) is 51.5 Å². The van der Waals surface area contributed by atoms with E-state index in [0.29, 0.717) is 25.7 Å². The Morgan fingerprint density at radius 2 is 1.85 bits per heavy atom. The van der Waals surface area contributed by atoms with E-state index in [9.17, 15) is 0 Å². The molecule has 0 spiro atoms. The molecule has 0 saturated heterocycles. The second kappa shape index (κ2) is 13.8. The summed E-state index contributed by atoms with van der Waals surface area (Å²) >= 11 is 0. The van der Waals surface area contributed by atoms with Crippen molar-refractivity contribution in [3.05, 3.63) is 77.1 Å². The first-order valence-electron chi connectivity index (χ1n) is 10.9. The van der Waals surface area contributed by atoms with Gasteiger partial charge in [0.25, 0.3) is 0 Å². The first-order chi connectivity index (χ1) is 15.6. The fourth-order valence-corrected chi connectivity index (χ4v) is 3.45. The summed E-state index contributed by atoms with van der Waals surface area (Å²) in [6.07, 6.45) is 0.855. The van der Waals surface area contributed by atoms with Crippen molar-refractivity contribution in [2.75, 3.05) is 32.7 Å². The third-order valence-corrected chi connectivity index (χ3v) is 5.22. The first kappa shape index (κ1) is 26.7. The van der Waals surface area contributed by atoms with Crippen molar-refractivity contribution in [3.63, 3.8) is 0 Å². The molecule has 3 aromatic rings. The van der Waals surface area contributed by atoms with E-state index in [-0.39, 0.29) is 24.0 Å². The minimum atomic E-state index is 0. The number of hydrogen-bond acceptors (Lipinski definition) is 4. The average Bonchev–Trinajstić information content (AvgIpc) is 3.07. The van der Waals surface area contributed by atoms with Gasteiger partial charge in [-0.1, -0.05) is 36.4 Å². The number of aliphatic imine (C=N–C) groups is 1. The topological polar surface area (TPSA) is 72.7 Å². The summed E-state index contributed by atoms with van der Waals surface area (Å²) in [6, 6.07) is 18.2. The van der Waals surface area contributed by atoms with E-state index in [1.165, 1.54) is 11.1 Å². The molecule has 1 heterocycles. The third kappa shape index (κ3) is 8.04. The fourth-order valence-electron chi connectivity index (χ4n) is 3.45. The molecular weight excluding hydrogens is 529 g/mol. The van der Waals surface area contributed by atoms with Crippen LogP contribution in [0.4, 0.5) is 5.69 Å². The van der Waals surface area contributed by atoms with Gasteiger partial charge in [0.2, 0.25) is 0 Å². The molecule has 2 N–H and O–H groups in total. The molecule has 2 aromatic carbocycles. The highest BCUT2D eigenvalue weighted by Crippen LogP contribution is 2.18. The smallest absolute Gasteiger partial charge is 0.195 e. The summed E-state index contributed by atoms with van der Waals surface area (Å²) in [4.78, 5) is 4.36. The molecule has 0 aliphatic carbocycles. The lowest BCUT2D eigenvalue weighted by Crippen LogP contribution is -2.30. The van der Waals surface area contributed by atoms with E-state index in [4.69, 9.17) is 14.6 Å². The molecule has 8 heteroatoms. The number of nitrogens with one attached hydrogen (secondary N) is 2. The number of ether oxygens (including phenoxy) is 2. The normalized spacial score (nSPS) is 11.1. The van der Waals surface area contributed by atoms with Gasteiger partial charge in [-0.3, -0.25) is 9.67 Å². The molecule has 0 aliphatic rings. The summed E-state index contributed by atoms with van der Waals surface area (Å²) in [5.41, 5.74) is 5.50. The summed E-state index contributed by atoms with van der Waals surface area (Å²) in [5.74, 6) is 1.51. The Bertz CT molecular complexity index is 1020. The monoisotopic (exact) mass is 563 g/mol. The van der Waals surface area contributed by atoms with Crippen molar-refractivity contribution in [2.24, 2.45) is 4.99 Å². The molecule has 0 aliphatic heterocycles. The Labute approximate surface area is 213 Å². The van der Waals surface area contributed by atoms with Crippen molar-refractivity contribution in [3.8, 4) is 5.75 Å². The Kier molecular flexibility index (Phi) is 11.2. The van der Waals surface area contributed by atoms with E-state index in [1.807, 2.05) is 37.3 Å². The Morgan fingerprint density at radius 1 is 1.06 bits per heavy atom. The van der Waals surface area contributed by atoms with Gasteiger partial charge < -0.3 is 20.1 Å². The predicted molar refractivity (Wildman–Crippen MR) is 145 cm³/mol. The van der Waals surface area contributed by atoms with Gasteiger partial charge in [0, 0.05) is 56.7 Å². The van der Waals surface area contributed by atoms with E-state index >= 15 is 0 Å². The number of benzene rings is 2. The van der Waals surface area contributed by atoms with Crippen LogP contribution in [0, 0.1) is 13.8 Å². The summed E-state index contributed by atoms with van der Waals surface area (Å²) in [5, 5.41) is 11.5. The standard InChI is InChI=1S/C25H33N5O2.HI/c1-19-24(20(2)30(29-19)18-21-10-6-5-7-11-21)17-27-25(26-3)28-22-12-8-13-23(16-22)32-15-9-14-31-4;/h5-8,10-13,16H,9,14-15,17-18H2,1-4H3,(H2,26,27,28);1H. The third-order valence-electron chi connectivity index (χ3n) is 5.22.